The van der Waals surface area contributed by atoms with Crippen LogP contribution in [0.5, 0.6) is 0 Å². The van der Waals surface area contributed by atoms with E-state index in [-0.39, 0.29) is 18.9 Å². The van der Waals surface area contributed by atoms with Crippen molar-refractivity contribution in [3.05, 3.63) is 43.3 Å². The van der Waals surface area contributed by atoms with E-state index in [1.807, 2.05) is 19.6 Å². The standard InChI is InChI=1S/C8H5BrIN.C5H9O.Li/c1-5-2-3-6(4-11)7(9)8(5)10;1-2-4-6-5-3-1;/h2,4H,1H3;4H,1-3,5H2;/q-2;-1;+1. The summed E-state index contributed by atoms with van der Waals surface area (Å²) in [6.45, 7) is 4.84. The monoisotopic (exact) mass is 413 g/mol. The average molecular weight is 414 g/mol. The summed E-state index contributed by atoms with van der Waals surface area (Å²) < 4.78 is 6.96. The minimum Gasteiger partial charge on any atom is -0.862 e. The van der Waals surface area contributed by atoms with Crippen LogP contribution in [0.25, 0.3) is 5.41 Å². The fraction of sp³-hybridized carbons (Fsp3) is 0.385. The molecule has 18 heavy (non-hydrogen) atoms. The first-order valence-corrected chi connectivity index (χ1v) is 7.31. The van der Waals surface area contributed by atoms with E-state index < -0.39 is 0 Å². The predicted molar refractivity (Wildman–Crippen MR) is 83.1 cm³/mol. The SMILES string of the molecule is Cc1c[c-]c(C=[N-])c(Br)c1I.[CH-]1CCCCO1.[Li+]. The molecule has 1 fully saturated rings. The van der Waals surface area contributed by atoms with Gasteiger partial charge in [-0.15, -0.1) is 33.6 Å². The van der Waals surface area contributed by atoms with Gasteiger partial charge in [0.1, 0.15) is 0 Å². The Morgan fingerprint density at radius 1 is 1.56 bits per heavy atom. The molecular formula is C13H14BrILiNO-2. The average Bonchev–Trinajstić information content (AvgIpc) is 2.39. The maximum absolute atomic E-state index is 8.74. The van der Waals surface area contributed by atoms with Crippen molar-refractivity contribution in [2.45, 2.75) is 26.2 Å². The van der Waals surface area contributed by atoms with E-state index in [0.717, 1.165) is 32.8 Å². The molecule has 1 aromatic rings. The van der Waals surface area contributed by atoms with Crippen LogP contribution in [0.1, 0.15) is 30.4 Å². The van der Waals surface area contributed by atoms with Crippen LogP contribution in [-0.4, -0.2) is 12.8 Å². The van der Waals surface area contributed by atoms with Gasteiger partial charge in [0.15, 0.2) is 0 Å². The third-order valence-corrected chi connectivity index (χ3v) is 5.26. The third kappa shape index (κ3) is 6.20. The second kappa shape index (κ2) is 10.4. The van der Waals surface area contributed by atoms with Crippen molar-refractivity contribution >= 4 is 44.7 Å². The van der Waals surface area contributed by atoms with Gasteiger partial charge in [-0.2, -0.15) is 12.0 Å². The van der Waals surface area contributed by atoms with Crippen molar-refractivity contribution in [3.63, 3.8) is 0 Å². The summed E-state index contributed by atoms with van der Waals surface area (Å²) >= 11 is 5.58. The molecule has 0 amide bonds. The third-order valence-electron chi connectivity index (χ3n) is 2.30. The maximum Gasteiger partial charge on any atom is 1.00 e. The first kappa shape index (κ1) is 18.7. The molecule has 0 spiro atoms. The topological polar surface area (TPSA) is 31.5 Å². The van der Waals surface area contributed by atoms with Crippen LogP contribution in [0, 0.1) is 23.2 Å². The van der Waals surface area contributed by atoms with Crippen LogP contribution in [0.4, 0.5) is 0 Å². The number of halogens is 2. The zero-order chi connectivity index (χ0) is 12.7. The number of rotatable bonds is 1. The predicted octanol–water partition coefficient (Wildman–Crippen LogP) is 1.50. The molecule has 0 saturated carbocycles. The van der Waals surface area contributed by atoms with E-state index in [2.05, 4.69) is 44.6 Å². The summed E-state index contributed by atoms with van der Waals surface area (Å²) in [5.41, 5.74) is 1.85. The fourth-order valence-corrected chi connectivity index (χ4v) is 2.25. The smallest absolute Gasteiger partial charge is 0.862 e. The Morgan fingerprint density at radius 3 is 2.67 bits per heavy atom. The molecule has 1 aliphatic heterocycles. The number of nitrogens with zero attached hydrogens (tertiary/aromatic N) is 1. The second-order valence-electron chi connectivity index (χ2n) is 3.68. The molecule has 5 heteroatoms. The van der Waals surface area contributed by atoms with Crippen molar-refractivity contribution in [3.8, 4) is 0 Å². The Morgan fingerprint density at radius 2 is 2.28 bits per heavy atom. The van der Waals surface area contributed by atoms with Crippen LogP contribution >= 0.6 is 38.5 Å². The number of hydrogen-bond acceptors (Lipinski definition) is 1. The minimum absolute atomic E-state index is 0. The molecule has 1 aliphatic rings. The molecule has 0 aromatic heterocycles. The zero-order valence-electron chi connectivity index (χ0n) is 10.7. The van der Waals surface area contributed by atoms with Gasteiger partial charge in [-0.3, -0.25) is 6.21 Å². The van der Waals surface area contributed by atoms with Gasteiger partial charge >= 0.3 is 18.9 Å². The van der Waals surface area contributed by atoms with E-state index in [1.54, 1.807) is 0 Å². The summed E-state index contributed by atoms with van der Waals surface area (Å²) in [6.07, 6.45) is 4.77. The Bertz CT molecular complexity index is 372. The number of aryl methyl sites for hydroxylation is 1. The first-order chi connectivity index (χ1) is 8.16. The Labute approximate surface area is 143 Å². The number of ether oxygens (including phenoxy) is 1. The fourth-order valence-electron chi connectivity index (χ4n) is 1.28. The van der Waals surface area contributed by atoms with Gasteiger partial charge in [-0.05, 0) is 6.42 Å². The summed E-state index contributed by atoms with van der Waals surface area (Å²) in [5, 5.41) is 8.74. The van der Waals surface area contributed by atoms with Crippen molar-refractivity contribution in [2.24, 2.45) is 0 Å². The summed E-state index contributed by atoms with van der Waals surface area (Å²) in [7, 11) is 0. The Kier molecular flexibility index (Phi) is 10.8. The van der Waals surface area contributed by atoms with Gasteiger partial charge in [0, 0.05) is 6.61 Å². The van der Waals surface area contributed by atoms with Crippen molar-refractivity contribution < 1.29 is 23.6 Å². The molecule has 2 nitrogen and oxygen atoms in total. The summed E-state index contributed by atoms with van der Waals surface area (Å²) in [4.78, 5) is 0. The van der Waals surface area contributed by atoms with Crippen molar-refractivity contribution in [1.29, 1.82) is 0 Å². The normalized spacial score (nSPS) is 13.9. The first-order valence-electron chi connectivity index (χ1n) is 5.43. The van der Waals surface area contributed by atoms with Crippen molar-refractivity contribution in [2.75, 3.05) is 6.61 Å². The van der Waals surface area contributed by atoms with Crippen LogP contribution in [0.15, 0.2) is 10.5 Å². The molecule has 1 saturated heterocycles. The van der Waals surface area contributed by atoms with E-state index >= 15 is 0 Å². The van der Waals surface area contributed by atoms with Crippen LogP contribution in [0.2, 0.25) is 0 Å². The summed E-state index contributed by atoms with van der Waals surface area (Å²) in [6, 6.07) is 4.79. The Hall–Kier alpha value is 0.657. The van der Waals surface area contributed by atoms with Crippen molar-refractivity contribution in [1.82, 2.24) is 0 Å². The minimum atomic E-state index is 0. The van der Waals surface area contributed by atoms with Crippen LogP contribution in [0.3, 0.4) is 0 Å². The van der Waals surface area contributed by atoms with Crippen LogP contribution < -0.4 is 18.9 Å². The van der Waals surface area contributed by atoms with Gasteiger partial charge in [-0.1, -0.05) is 44.0 Å². The molecule has 0 radical (unpaired) electrons. The Balaban J connectivity index is 0.000000352. The molecule has 0 unspecified atom stereocenters. The molecule has 0 aliphatic carbocycles. The van der Waals surface area contributed by atoms with E-state index in [4.69, 9.17) is 10.1 Å². The van der Waals surface area contributed by atoms with Gasteiger partial charge < -0.3 is 10.1 Å². The molecule has 0 bridgehead atoms. The molecule has 94 valence electrons. The molecule has 1 aromatic carbocycles. The van der Waals surface area contributed by atoms with E-state index in [0.29, 0.717) is 5.56 Å². The molecule has 0 atom stereocenters. The molecule has 0 N–H and O–H groups in total. The second-order valence-corrected chi connectivity index (χ2v) is 5.55. The quantitative estimate of drug-likeness (QED) is 0.297. The largest absolute Gasteiger partial charge is 1.00 e. The number of benzene rings is 1. The zero-order valence-corrected chi connectivity index (χ0v) is 14.4. The van der Waals surface area contributed by atoms with E-state index in [1.165, 1.54) is 12.8 Å². The molecular weight excluding hydrogens is 400 g/mol. The van der Waals surface area contributed by atoms with Gasteiger partial charge in [0.2, 0.25) is 0 Å². The number of hydrogen-bond donors (Lipinski definition) is 0. The maximum atomic E-state index is 8.74. The summed E-state index contributed by atoms with van der Waals surface area (Å²) in [5.74, 6) is 0. The van der Waals surface area contributed by atoms with E-state index in [9.17, 15) is 0 Å². The van der Waals surface area contributed by atoms with Gasteiger partial charge in [0.25, 0.3) is 0 Å². The molecule has 2 rings (SSSR count). The molecule has 1 heterocycles. The van der Waals surface area contributed by atoms with Crippen LogP contribution in [-0.2, 0) is 4.74 Å². The van der Waals surface area contributed by atoms with Gasteiger partial charge in [0.05, 0.1) is 0 Å². The van der Waals surface area contributed by atoms with Gasteiger partial charge in [-0.25, -0.2) is 6.61 Å².